The van der Waals surface area contributed by atoms with E-state index in [9.17, 15) is 14.4 Å². The zero-order chi connectivity index (χ0) is 34.3. The second kappa shape index (κ2) is 23.8. The number of aryl methyl sites for hydroxylation is 1. The minimum absolute atomic E-state index is 0.0955. The Balaban J connectivity index is 0.000000287. The lowest BCUT2D eigenvalue weighted by atomic mass is 9.92. The maximum absolute atomic E-state index is 12.3. The molecule has 2 aromatic rings. The zero-order valence-corrected chi connectivity index (χ0v) is 28.5. The van der Waals surface area contributed by atoms with Crippen LogP contribution < -0.4 is 10.6 Å². The average molecular weight is 653 g/mol. The number of hydrogen-bond donors (Lipinski definition) is 5. The van der Waals surface area contributed by atoms with Crippen LogP contribution in [0.2, 0.25) is 0 Å². The minimum Gasteiger partial charge on any atom is -0.465 e. The molecule has 0 aliphatic carbocycles. The molecule has 11 heteroatoms. The third-order valence-electron chi connectivity index (χ3n) is 8.34. The molecule has 4 rings (SSSR count). The van der Waals surface area contributed by atoms with Crippen molar-refractivity contribution in [1.82, 2.24) is 20.4 Å². The molecule has 1 unspecified atom stereocenters. The molecule has 5 N–H and O–H groups in total. The van der Waals surface area contributed by atoms with Crippen molar-refractivity contribution < 1.29 is 29.5 Å². The molecule has 0 aromatic heterocycles. The molecule has 0 spiro atoms. The third kappa shape index (κ3) is 16.3. The summed E-state index contributed by atoms with van der Waals surface area (Å²) in [5.74, 6) is -0.426. The summed E-state index contributed by atoms with van der Waals surface area (Å²) in [5, 5.41) is 31.9. The first-order valence-electron chi connectivity index (χ1n) is 17.5. The molecule has 10 nitrogen and oxygen atoms in total. The van der Waals surface area contributed by atoms with Gasteiger partial charge in [-0.3, -0.25) is 14.5 Å². The summed E-state index contributed by atoms with van der Waals surface area (Å²) in [7, 11) is -1.58. The van der Waals surface area contributed by atoms with Gasteiger partial charge in [0, 0.05) is 19.6 Å². The molecule has 0 bridgehead atoms. The second-order valence-corrected chi connectivity index (χ2v) is 12.3. The molecule has 2 aliphatic heterocycles. The highest BCUT2D eigenvalue weighted by Gasteiger charge is 2.33. The van der Waals surface area contributed by atoms with E-state index in [0.717, 1.165) is 36.9 Å². The minimum atomic E-state index is -1.58. The van der Waals surface area contributed by atoms with E-state index in [0.29, 0.717) is 26.1 Å². The van der Waals surface area contributed by atoms with E-state index in [-0.39, 0.29) is 24.8 Å². The van der Waals surface area contributed by atoms with Gasteiger partial charge in [0.25, 0.3) is 0 Å². The number of nitrogens with one attached hydrogen (secondary N) is 2. The number of fused-ring (bicyclic) bond motifs is 1. The lowest BCUT2D eigenvalue weighted by Gasteiger charge is -2.24. The topological polar surface area (TPSA) is 142 Å². The van der Waals surface area contributed by atoms with Crippen molar-refractivity contribution in [1.29, 1.82) is 0 Å². The van der Waals surface area contributed by atoms with E-state index in [1.54, 1.807) is 4.90 Å². The molecule has 1 atom stereocenters. The van der Waals surface area contributed by atoms with Crippen molar-refractivity contribution in [3.8, 4) is 0 Å². The van der Waals surface area contributed by atoms with Gasteiger partial charge in [-0.25, -0.2) is 4.79 Å². The van der Waals surface area contributed by atoms with Crippen molar-refractivity contribution in [2.75, 3.05) is 26.1 Å². The highest BCUT2D eigenvalue weighted by molar-refractivity contribution is 6.41. The van der Waals surface area contributed by atoms with Gasteiger partial charge in [0.1, 0.15) is 6.04 Å². The van der Waals surface area contributed by atoms with Gasteiger partial charge in [-0.2, -0.15) is 0 Å². The molecule has 0 radical (unpaired) electrons. The highest BCUT2D eigenvalue weighted by atomic mass is 16.4. The van der Waals surface area contributed by atoms with Crippen LogP contribution in [0.1, 0.15) is 101 Å². The fraction of sp³-hybridized carbons (Fsp3) is 0.583. The summed E-state index contributed by atoms with van der Waals surface area (Å²) in [4.78, 5) is 37.9. The monoisotopic (exact) mass is 652 g/mol. The second-order valence-electron chi connectivity index (χ2n) is 12.3. The first kappa shape index (κ1) is 39.8. The molecule has 0 saturated carbocycles. The molecule has 2 heterocycles. The van der Waals surface area contributed by atoms with Gasteiger partial charge in [-0.15, -0.1) is 0 Å². The Hall–Kier alpha value is -3.41. The maximum atomic E-state index is 12.3. The van der Waals surface area contributed by atoms with Crippen LogP contribution in [-0.2, 0) is 29.1 Å². The first-order chi connectivity index (χ1) is 22.8. The van der Waals surface area contributed by atoms with Crippen LogP contribution >= 0.6 is 0 Å². The predicted octanol–water partition coefficient (Wildman–Crippen LogP) is 5.16. The van der Waals surface area contributed by atoms with E-state index < -0.39 is 19.3 Å². The largest absolute Gasteiger partial charge is 0.472 e. The Morgan fingerprint density at radius 3 is 1.96 bits per heavy atom. The van der Waals surface area contributed by atoms with Crippen molar-refractivity contribution in [2.45, 2.75) is 110 Å². The number of carbonyl (C=O) groups excluding carboxylic acids is 2. The summed E-state index contributed by atoms with van der Waals surface area (Å²) in [5.41, 5.74) is 3.53. The molecular formula is C36H57BN4O6. The normalized spacial score (nSPS) is 14.8. The SMILES string of the molecule is CCCCCCCCCC.O=C(NCB(O)O)C1CCCN1C(=O)CNCCCc1ccccc1.O=C(O)N1Cc2ccccc2C1. The van der Waals surface area contributed by atoms with Crippen LogP contribution in [0.3, 0.4) is 0 Å². The van der Waals surface area contributed by atoms with Crippen LogP contribution in [0.5, 0.6) is 0 Å². The standard InChI is InChI=1S/C17H26BN3O4.C10H22.C9H9NO2/c22-16(12-19-10-4-8-14-6-2-1-3-7-14)21-11-5-9-15(21)17(23)20-13-18(24)25;1-3-5-7-9-10-8-6-4-2;11-9(12)10-5-7-3-1-2-4-8(7)6-10/h1-3,6-7,15,19,24-25H,4-5,8-13H2,(H,20,23);3-10H2,1-2H3;1-4H,5-6H2,(H,11,12). The number of carboxylic acid groups (broad SMARTS) is 1. The van der Waals surface area contributed by atoms with Crippen molar-refractivity contribution in [3.05, 3.63) is 71.3 Å². The van der Waals surface area contributed by atoms with Gasteiger partial charge >= 0.3 is 13.2 Å². The number of benzene rings is 2. The van der Waals surface area contributed by atoms with Crippen LogP contribution in [0.15, 0.2) is 54.6 Å². The van der Waals surface area contributed by atoms with E-state index in [1.165, 1.54) is 61.8 Å². The lowest BCUT2D eigenvalue weighted by Crippen LogP contribution is -2.50. The third-order valence-corrected chi connectivity index (χ3v) is 8.34. The summed E-state index contributed by atoms with van der Waals surface area (Å²) < 4.78 is 0. The molecular weight excluding hydrogens is 595 g/mol. The number of amides is 3. The van der Waals surface area contributed by atoms with Gasteiger partial charge in [0.05, 0.1) is 13.0 Å². The first-order valence-corrected chi connectivity index (χ1v) is 17.5. The summed E-state index contributed by atoms with van der Waals surface area (Å²) in [6.07, 6.45) is 13.7. The van der Waals surface area contributed by atoms with Crippen LogP contribution in [0.25, 0.3) is 0 Å². The molecule has 1 saturated heterocycles. The molecule has 2 aromatic carbocycles. The van der Waals surface area contributed by atoms with E-state index in [1.807, 2.05) is 42.5 Å². The fourth-order valence-electron chi connectivity index (χ4n) is 5.68. The van der Waals surface area contributed by atoms with Gasteiger partial charge in [-0.1, -0.05) is 120 Å². The summed E-state index contributed by atoms with van der Waals surface area (Å²) >= 11 is 0. The van der Waals surface area contributed by atoms with Crippen molar-refractivity contribution >= 4 is 25.0 Å². The zero-order valence-electron chi connectivity index (χ0n) is 28.5. The Labute approximate surface area is 282 Å². The maximum Gasteiger partial charge on any atom is 0.472 e. The fourth-order valence-corrected chi connectivity index (χ4v) is 5.68. The van der Waals surface area contributed by atoms with Crippen LogP contribution in [-0.4, -0.2) is 82.1 Å². The number of unbranched alkanes of at least 4 members (excludes halogenated alkanes) is 7. The number of nitrogens with zero attached hydrogens (tertiary/aromatic N) is 2. The average Bonchev–Trinajstić information content (AvgIpc) is 3.75. The quantitative estimate of drug-likeness (QED) is 0.125. The van der Waals surface area contributed by atoms with Crippen molar-refractivity contribution in [3.63, 3.8) is 0 Å². The number of rotatable bonds is 16. The number of likely N-dealkylation sites (tertiary alicyclic amines) is 1. The highest BCUT2D eigenvalue weighted by Crippen LogP contribution is 2.21. The van der Waals surface area contributed by atoms with E-state index in [2.05, 4.69) is 36.6 Å². The van der Waals surface area contributed by atoms with Gasteiger partial charge in [0.15, 0.2) is 0 Å². The van der Waals surface area contributed by atoms with Crippen LogP contribution in [0, 0.1) is 0 Å². The Morgan fingerprint density at radius 2 is 1.40 bits per heavy atom. The summed E-state index contributed by atoms with van der Waals surface area (Å²) in [6.45, 7) is 7.11. The van der Waals surface area contributed by atoms with Crippen LogP contribution in [0.4, 0.5) is 4.79 Å². The smallest absolute Gasteiger partial charge is 0.465 e. The summed E-state index contributed by atoms with van der Waals surface area (Å²) in [6, 6.07) is 17.5. The van der Waals surface area contributed by atoms with Gasteiger partial charge < -0.3 is 30.7 Å². The van der Waals surface area contributed by atoms with E-state index in [4.69, 9.17) is 15.2 Å². The molecule has 1 fully saturated rings. The van der Waals surface area contributed by atoms with Gasteiger partial charge in [-0.05, 0) is 48.9 Å². The van der Waals surface area contributed by atoms with Crippen molar-refractivity contribution in [2.24, 2.45) is 0 Å². The number of hydrogen-bond acceptors (Lipinski definition) is 6. The molecule has 47 heavy (non-hydrogen) atoms. The van der Waals surface area contributed by atoms with Gasteiger partial charge in [0.2, 0.25) is 11.8 Å². The Morgan fingerprint density at radius 1 is 0.830 bits per heavy atom. The Kier molecular flexibility index (Phi) is 20.2. The predicted molar refractivity (Wildman–Crippen MR) is 188 cm³/mol. The number of carbonyl (C=O) groups is 3. The van der Waals surface area contributed by atoms with E-state index >= 15 is 0 Å². The molecule has 260 valence electrons. The Bertz CT molecular complexity index is 1140. The molecule has 2 aliphatic rings. The lowest BCUT2D eigenvalue weighted by molar-refractivity contribution is -0.137. The molecule has 3 amide bonds.